The Morgan fingerprint density at radius 1 is 0.741 bits per heavy atom. The Labute approximate surface area is 159 Å². The predicted molar refractivity (Wildman–Crippen MR) is 95.4 cm³/mol. The third-order valence-corrected chi connectivity index (χ3v) is 9.38. The topological polar surface area (TPSA) is 142 Å². The number of rotatable bonds is 0. The minimum atomic E-state index is -1.94. The smallest absolute Gasteiger partial charge is 0.110 e. The third-order valence-electron chi connectivity index (χ3n) is 9.38. The summed E-state index contributed by atoms with van der Waals surface area (Å²) in [6.07, 6.45) is -4.21. The fourth-order valence-electron chi connectivity index (χ4n) is 7.77. The summed E-state index contributed by atoms with van der Waals surface area (Å²) in [5.74, 6) is -1.97. The first-order valence-corrected chi connectivity index (χ1v) is 10.1. The van der Waals surface area contributed by atoms with Crippen LogP contribution >= 0.6 is 0 Å². The van der Waals surface area contributed by atoms with Crippen LogP contribution in [0.5, 0.6) is 0 Å². The van der Waals surface area contributed by atoms with Crippen LogP contribution in [0.25, 0.3) is 0 Å². The molecule has 7 heteroatoms. The number of aliphatic hydroxyl groups is 7. The minimum absolute atomic E-state index is 0.0384. The van der Waals surface area contributed by atoms with Gasteiger partial charge in [-0.15, -0.1) is 0 Å². The summed E-state index contributed by atoms with van der Waals surface area (Å²) in [6, 6.07) is 0. The van der Waals surface area contributed by atoms with E-state index in [2.05, 4.69) is 0 Å². The Bertz CT molecular complexity index is 646. The molecular weight excluding hydrogens is 352 g/mol. The monoisotopic (exact) mass is 386 g/mol. The van der Waals surface area contributed by atoms with Gasteiger partial charge in [0.15, 0.2) is 0 Å². The highest BCUT2D eigenvalue weighted by molar-refractivity contribution is 5.28. The molecule has 0 aliphatic heterocycles. The van der Waals surface area contributed by atoms with Gasteiger partial charge < -0.3 is 35.7 Å². The second-order valence-electron chi connectivity index (χ2n) is 10.8. The van der Waals surface area contributed by atoms with Crippen LogP contribution in [0.4, 0.5) is 0 Å². The van der Waals surface area contributed by atoms with Crippen LogP contribution in [0.2, 0.25) is 0 Å². The molecule has 0 heterocycles. The second kappa shape index (κ2) is 5.25. The van der Waals surface area contributed by atoms with E-state index in [0.717, 1.165) is 0 Å². The summed E-state index contributed by atoms with van der Waals surface area (Å²) >= 11 is 0. The fraction of sp³-hybridized carbons (Fsp3) is 1.00. The number of hydrogen-bond acceptors (Lipinski definition) is 7. The van der Waals surface area contributed by atoms with Crippen LogP contribution in [-0.2, 0) is 0 Å². The van der Waals surface area contributed by atoms with Crippen molar-refractivity contribution in [1.82, 2.24) is 0 Å². The predicted octanol–water partition coefficient (Wildman–Crippen LogP) is -0.861. The summed E-state index contributed by atoms with van der Waals surface area (Å²) in [5, 5.41) is 78.5. The lowest BCUT2D eigenvalue weighted by molar-refractivity contribution is -0.220. The summed E-state index contributed by atoms with van der Waals surface area (Å²) < 4.78 is 0. The van der Waals surface area contributed by atoms with Crippen molar-refractivity contribution in [3.05, 3.63) is 0 Å². The van der Waals surface area contributed by atoms with Gasteiger partial charge in [-0.05, 0) is 45.4 Å². The van der Waals surface area contributed by atoms with Gasteiger partial charge in [0.2, 0.25) is 0 Å². The van der Waals surface area contributed by atoms with Crippen LogP contribution in [0.3, 0.4) is 0 Å². The van der Waals surface area contributed by atoms with Crippen molar-refractivity contribution in [1.29, 1.82) is 0 Å². The zero-order chi connectivity index (χ0) is 20.4. The van der Waals surface area contributed by atoms with Crippen LogP contribution in [0, 0.1) is 28.6 Å². The summed E-state index contributed by atoms with van der Waals surface area (Å²) in [7, 11) is 0. The van der Waals surface area contributed by atoms with Gasteiger partial charge in [-0.3, -0.25) is 0 Å². The molecule has 1 unspecified atom stereocenters. The third kappa shape index (κ3) is 1.97. The lowest BCUT2D eigenvalue weighted by atomic mass is 9.56. The number of hydrogen-bond donors (Lipinski definition) is 7. The first-order chi connectivity index (χ1) is 12.2. The molecule has 4 fully saturated rings. The standard InChI is InChI=1S/C20H34O7/c1-16(2)12(21)7-11-18(4,26)10-6-5-9-13(22)19(10,8-17(9,3)25)14(23)15(24)20(11,16)27/h9-15,21-27H,5-8H2,1-4H3/t9-,10+,11+,12+,13?,14-,15-,17-,18-,19-,20+/m1/s1. The molecule has 0 saturated heterocycles. The molecule has 1 spiro atoms. The molecule has 0 aromatic heterocycles. The molecule has 0 amide bonds. The Kier molecular flexibility index (Phi) is 3.89. The van der Waals surface area contributed by atoms with Gasteiger partial charge in [0.1, 0.15) is 11.7 Å². The molecule has 7 N–H and O–H groups in total. The van der Waals surface area contributed by atoms with Crippen molar-refractivity contribution < 1.29 is 35.7 Å². The van der Waals surface area contributed by atoms with E-state index >= 15 is 0 Å². The molecule has 27 heavy (non-hydrogen) atoms. The molecule has 4 aliphatic carbocycles. The Morgan fingerprint density at radius 3 is 1.93 bits per heavy atom. The first kappa shape index (κ1) is 20.0. The molecule has 4 rings (SSSR count). The maximum atomic E-state index is 11.7. The lowest BCUT2D eigenvalue weighted by Gasteiger charge is -2.52. The largest absolute Gasteiger partial charge is 0.392 e. The van der Waals surface area contributed by atoms with E-state index in [4.69, 9.17) is 0 Å². The van der Waals surface area contributed by atoms with E-state index in [0.29, 0.717) is 12.8 Å². The zero-order valence-electron chi connectivity index (χ0n) is 16.5. The van der Waals surface area contributed by atoms with Crippen molar-refractivity contribution in [2.24, 2.45) is 28.6 Å². The van der Waals surface area contributed by atoms with Gasteiger partial charge in [0.25, 0.3) is 0 Å². The van der Waals surface area contributed by atoms with Gasteiger partial charge in [0, 0.05) is 22.7 Å². The Morgan fingerprint density at radius 2 is 1.33 bits per heavy atom. The van der Waals surface area contributed by atoms with Crippen molar-refractivity contribution in [2.75, 3.05) is 0 Å². The van der Waals surface area contributed by atoms with E-state index in [9.17, 15) is 35.7 Å². The minimum Gasteiger partial charge on any atom is -0.392 e. The van der Waals surface area contributed by atoms with Gasteiger partial charge in [0.05, 0.1) is 29.5 Å². The van der Waals surface area contributed by atoms with E-state index < -0.39 is 69.8 Å². The van der Waals surface area contributed by atoms with Crippen molar-refractivity contribution >= 4 is 0 Å². The molecular formula is C20H34O7. The van der Waals surface area contributed by atoms with Crippen LogP contribution in [0.1, 0.15) is 53.4 Å². The normalized spacial score (nSPS) is 64.8. The molecule has 0 radical (unpaired) electrons. The van der Waals surface area contributed by atoms with Crippen LogP contribution < -0.4 is 0 Å². The Hall–Kier alpha value is -0.280. The van der Waals surface area contributed by atoms with Crippen molar-refractivity contribution in [3.63, 3.8) is 0 Å². The van der Waals surface area contributed by atoms with Crippen LogP contribution in [0.15, 0.2) is 0 Å². The highest BCUT2D eigenvalue weighted by Gasteiger charge is 2.79. The maximum absolute atomic E-state index is 11.7. The molecule has 4 aliphatic rings. The number of fused-ring (bicyclic) bond motifs is 2. The summed E-state index contributed by atoms with van der Waals surface area (Å²) in [6.45, 7) is 6.45. The molecule has 7 nitrogen and oxygen atoms in total. The second-order valence-corrected chi connectivity index (χ2v) is 10.8. The molecule has 156 valence electrons. The van der Waals surface area contributed by atoms with Gasteiger partial charge in [-0.25, -0.2) is 0 Å². The lowest BCUT2D eigenvalue weighted by Crippen LogP contribution is -2.63. The van der Waals surface area contributed by atoms with Crippen molar-refractivity contribution in [3.8, 4) is 0 Å². The van der Waals surface area contributed by atoms with Gasteiger partial charge >= 0.3 is 0 Å². The summed E-state index contributed by atoms with van der Waals surface area (Å²) in [5.41, 5.74) is -7.21. The van der Waals surface area contributed by atoms with E-state index in [1.165, 1.54) is 0 Å². The zero-order valence-corrected chi connectivity index (χ0v) is 16.5. The highest BCUT2D eigenvalue weighted by atomic mass is 16.4. The van der Waals surface area contributed by atoms with E-state index in [-0.39, 0.29) is 12.8 Å². The van der Waals surface area contributed by atoms with Crippen LogP contribution in [-0.4, -0.2) is 77.0 Å². The van der Waals surface area contributed by atoms with E-state index in [1.807, 2.05) is 0 Å². The van der Waals surface area contributed by atoms with Crippen molar-refractivity contribution in [2.45, 2.75) is 94.6 Å². The average molecular weight is 386 g/mol. The highest BCUT2D eigenvalue weighted by Crippen LogP contribution is 2.69. The van der Waals surface area contributed by atoms with E-state index in [1.54, 1.807) is 27.7 Å². The quantitative estimate of drug-likeness (QED) is 0.287. The van der Waals surface area contributed by atoms with Gasteiger partial charge in [-0.1, -0.05) is 13.8 Å². The first-order valence-electron chi connectivity index (χ1n) is 10.1. The molecule has 2 bridgehead atoms. The molecule has 4 saturated carbocycles. The SMILES string of the molecule is CC1(C)[C@@H](O)C[C@H]2[C@](C)(O)[C@@H]3CC[C@@H]4C(O)[C@]3(C[C@@]4(C)O)[C@H](O)[C@@H](O)[C@@]21O. The maximum Gasteiger partial charge on any atom is 0.110 e. The number of aliphatic hydroxyl groups excluding tert-OH is 4. The van der Waals surface area contributed by atoms with Gasteiger partial charge in [-0.2, -0.15) is 0 Å². The molecule has 0 aromatic rings. The Balaban J connectivity index is 1.95. The molecule has 11 atom stereocenters. The summed E-state index contributed by atoms with van der Waals surface area (Å²) in [4.78, 5) is 0. The molecule has 0 aromatic carbocycles. The fourth-order valence-corrected chi connectivity index (χ4v) is 7.77. The average Bonchev–Trinajstić information content (AvgIpc) is 2.79.